The standard InChI is InChI=1S/C14H16N2O4/c1-9(17)15-12-4-2-10(3-5-12)13(18)16-7-6-11(8-16)14(19)20/h2-5,11H,6-8H2,1H3,(H,15,17)(H,19,20). The second kappa shape index (κ2) is 5.73. The molecule has 1 unspecified atom stereocenters. The zero-order valence-corrected chi connectivity index (χ0v) is 11.1. The van der Waals surface area contributed by atoms with Crippen molar-refractivity contribution < 1.29 is 19.5 Å². The molecule has 0 spiro atoms. The van der Waals surface area contributed by atoms with Crippen molar-refractivity contribution >= 4 is 23.5 Å². The molecule has 0 bridgehead atoms. The van der Waals surface area contributed by atoms with Crippen LogP contribution in [0.2, 0.25) is 0 Å². The van der Waals surface area contributed by atoms with Gasteiger partial charge in [0.25, 0.3) is 5.91 Å². The first kappa shape index (κ1) is 14.0. The minimum atomic E-state index is -0.860. The van der Waals surface area contributed by atoms with Crippen molar-refractivity contribution in [1.29, 1.82) is 0 Å². The Morgan fingerprint density at radius 2 is 1.90 bits per heavy atom. The molecule has 1 fully saturated rings. The summed E-state index contributed by atoms with van der Waals surface area (Å²) < 4.78 is 0. The quantitative estimate of drug-likeness (QED) is 0.868. The topological polar surface area (TPSA) is 86.7 Å². The largest absolute Gasteiger partial charge is 0.481 e. The van der Waals surface area contributed by atoms with Gasteiger partial charge in [-0.05, 0) is 30.7 Å². The second-order valence-electron chi connectivity index (χ2n) is 4.83. The number of carbonyl (C=O) groups excluding carboxylic acids is 2. The van der Waals surface area contributed by atoms with Crippen LogP contribution in [0.25, 0.3) is 0 Å². The maximum Gasteiger partial charge on any atom is 0.308 e. The van der Waals surface area contributed by atoms with Crippen LogP contribution < -0.4 is 5.32 Å². The number of rotatable bonds is 3. The molecule has 1 atom stereocenters. The summed E-state index contributed by atoms with van der Waals surface area (Å²) in [5.74, 6) is -1.69. The van der Waals surface area contributed by atoms with Gasteiger partial charge in [0, 0.05) is 31.3 Å². The number of carboxylic acid groups (broad SMARTS) is 1. The second-order valence-corrected chi connectivity index (χ2v) is 4.83. The molecule has 0 radical (unpaired) electrons. The van der Waals surface area contributed by atoms with Gasteiger partial charge in [0.15, 0.2) is 0 Å². The van der Waals surface area contributed by atoms with E-state index in [0.717, 1.165) is 0 Å². The van der Waals surface area contributed by atoms with E-state index >= 15 is 0 Å². The lowest BCUT2D eigenvalue weighted by atomic mass is 10.1. The minimum absolute atomic E-state index is 0.173. The van der Waals surface area contributed by atoms with E-state index in [1.165, 1.54) is 6.92 Å². The van der Waals surface area contributed by atoms with Gasteiger partial charge in [0.1, 0.15) is 0 Å². The van der Waals surface area contributed by atoms with Crippen LogP contribution in [0.3, 0.4) is 0 Å². The molecule has 0 aliphatic carbocycles. The fraction of sp³-hybridized carbons (Fsp3) is 0.357. The molecule has 1 aromatic carbocycles. The first-order valence-corrected chi connectivity index (χ1v) is 6.37. The maximum atomic E-state index is 12.2. The van der Waals surface area contributed by atoms with Gasteiger partial charge >= 0.3 is 5.97 Å². The number of hydrogen-bond acceptors (Lipinski definition) is 3. The average Bonchev–Trinajstić information content (AvgIpc) is 2.88. The van der Waals surface area contributed by atoms with E-state index in [1.54, 1.807) is 29.2 Å². The van der Waals surface area contributed by atoms with E-state index < -0.39 is 11.9 Å². The molecule has 2 rings (SSSR count). The highest BCUT2D eigenvalue weighted by atomic mass is 16.4. The number of benzene rings is 1. The van der Waals surface area contributed by atoms with Gasteiger partial charge < -0.3 is 15.3 Å². The lowest BCUT2D eigenvalue weighted by Gasteiger charge is -2.16. The van der Waals surface area contributed by atoms with Crippen molar-refractivity contribution in [3.05, 3.63) is 29.8 Å². The first-order valence-electron chi connectivity index (χ1n) is 6.37. The zero-order chi connectivity index (χ0) is 14.7. The van der Waals surface area contributed by atoms with Crippen LogP contribution in [-0.4, -0.2) is 40.9 Å². The number of carboxylic acids is 1. The molecule has 1 aliphatic heterocycles. The highest BCUT2D eigenvalue weighted by molar-refractivity contribution is 5.96. The Kier molecular flexibility index (Phi) is 4.02. The van der Waals surface area contributed by atoms with E-state index in [-0.39, 0.29) is 18.4 Å². The summed E-state index contributed by atoms with van der Waals surface area (Å²) in [5, 5.41) is 11.5. The van der Waals surface area contributed by atoms with Gasteiger partial charge in [0.05, 0.1) is 5.92 Å². The fourth-order valence-corrected chi connectivity index (χ4v) is 2.23. The summed E-state index contributed by atoms with van der Waals surface area (Å²) in [6.45, 7) is 2.13. The average molecular weight is 276 g/mol. The SMILES string of the molecule is CC(=O)Nc1ccc(C(=O)N2CCC(C(=O)O)C2)cc1. The molecule has 6 nitrogen and oxygen atoms in total. The van der Waals surface area contributed by atoms with Crippen molar-refractivity contribution in [3.8, 4) is 0 Å². The van der Waals surface area contributed by atoms with Gasteiger partial charge in [-0.25, -0.2) is 0 Å². The molecule has 106 valence electrons. The summed E-state index contributed by atoms with van der Waals surface area (Å²) in [6.07, 6.45) is 0.491. The summed E-state index contributed by atoms with van der Waals surface area (Å²) >= 11 is 0. The van der Waals surface area contributed by atoms with E-state index in [2.05, 4.69) is 5.32 Å². The Hall–Kier alpha value is -2.37. The van der Waals surface area contributed by atoms with Gasteiger partial charge in [-0.1, -0.05) is 0 Å². The number of carbonyl (C=O) groups is 3. The highest BCUT2D eigenvalue weighted by Crippen LogP contribution is 2.19. The van der Waals surface area contributed by atoms with E-state index in [0.29, 0.717) is 24.2 Å². The van der Waals surface area contributed by atoms with E-state index in [4.69, 9.17) is 5.11 Å². The number of nitrogens with zero attached hydrogens (tertiary/aromatic N) is 1. The summed E-state index contributed by atoms with van der Waals surface area (Å²) in [5.41, 5.74) is 1.11. The van der Waals surface area contributed by atoms with Crippen LogP contribution in [0.5, 0.6) is 0 Å². The Bertz CT molecular complexity index is 539. The van der Waals surface area contributed by atoms with Gasteiger partial charge in [-0.2, -0.15) is 0 Å². The molecule has 0 saturated carbocycles. The normalized spacial score (nSPS) is 17.9. The molecule has 1 aliphatic rings. The van der Waals surface area contributed by atoms with Crippen LogP contribution in [0.1, 0.15) is 23.7 Å². The summed E-state index contributed by atoms with van der Waals surface area (Å²) in [6, 6.07) is 6.56. The van der Waals surface area contributed by atoms with Crippen LogP contribution in [-0.2, 0) is 9.59 Å². The third kappa shape index (κ3) is 3.14. The molecule has 20 heavy (non-hydrogen) atoms. The number of aliphatic carboxylic acids is 1. The maximum absolute atomic E-state index is 12.2. The van der Waals surface area contributed by atoms with E-state index in [9.17, 15) is 14.4 Å². The number of hydrogen-bond donors (Lipinski definition) is 2. The Morgan fingerprint density at radius 1 is 1.25 bits per heavy atom. The van der Waals surface area contributed by atoms with Crippen LogP contribution in [0, 0.1) is 5.92 Å². The van der Waals surface area contributed by atoms with Gasteiger partial charge in [-0.3, -0.25) is 14.4 Å². The molecule has 1 aromatic rings. The lowest BCUT2D eigenvalue weighted by Crippen LogP contribution is -2.29. The Balaban J connectivity index is 2.03. The number of amides is 2. The predicted molar refractivity (Wildman–Crippen MR) is 72.4 cm³/mol. The number of nitrogens with one attached hydrogen (secondary N) is 1. The van der Waals surface area contributed by atoms with Crippen LogP contribution in [0.15, 0.2) is 24.3 Å². The highest BCUT2D eigenvalue weighted by Gasteiger charge is 2.31. The number of anilines is 1. The first-order chi connectivity index (χ1) is 9.47. The van der Waals surface area contributed by atoms with Gasteiger partial charge in [0.2, 0.25) is 5.91 Å². The van der Waals surface area contributed by atoms with Crippen molar-refractivity contribution in [1.82, 2.24) is 4.90 Å². The van der Waals surface area contributed by atoms with Crippen LogP contribution in [0.4, 0.5) is 5.69 Å². The van der Waals surface area contributed by atoms with Crippen LogP contribution >= 0.6 is 0 Å². The van der Waals surface area contributed by atoms with Gasteiger partial charge in [-0.15, -0.1) is 0 Å². The number of likely N-dealkylation sites (tertiary alicyclic amines) is 1. The van der Waals surface area contributed by atoms with Crippen molar-refractivity contribution in [2.75, 3.05) is 18.4 Å². The fourth-order valence-electron chi connectivity index (χ4n) is 2.23. The van der Waals surface area contributed by atoms with E-state index in [1.807, 2.05) is 0 Å². The monoisotopic (exact) mass is 276 g/mol. The zero-order valence-electron chi connectivity index (χ0n) is 11.1. The van der Waals surface area contributed by atoms with Crippen molar-refractivity contribution in [2.24, 2.45) is 5.92 Å². The predicted octanol–water partition coefficient (Wildman–Crippen LogP) is 1.19. The Labute approximate surface area is 116 Å². The van der Waals surface area contributed by atoms with Crippen molar-refractivity contribution in [2.45, 2.75) is 13.3 Å². The molecular formula is C14H16N2O4. The Morgan fingerprint density at radius 3 is 2.40 bits per heavy atom. The molecule has 2 N–H and O–H groups in total. The molecule has 1 saturated heterocycles. The van der Waals surface area contributed by atoms with Crippen molar-refractivity contribution in [3.63, 3.8) is 0 Å². The molecule has 1 heterocycles. The third-order valence-corrected chi connectivity index (χ3v) is 3.28. The summed E-state index contributed by atoms with van der Waals surface area (Å²) in [7, 11) is 0. The lowest BCUT2D eigenvalue weighted by molar-refractivity contribution is -0.141. The summed E-state index contributed by atoms with van der Waals surface area (Å²) in [4.78, 5) is 35.5. The molecular weight excluding hydrogens is 260 g/mol. The molecule has 6 heteroatoms. The molecule has 0 aromatic heterocycles. The molecule has 2 amide bonds. The minimum Gasteiger partial charge on any atom is -0.481 e. The third-order valence-electron chi connectivity index (χ3n) is 3.28. The smallest absolute Gasteiger partial charge is 0.308 e.